The first-order valence-electron chi connectivity index (χ1n) is 5.66. The topological polar surface area (TPSA) is 46.2 Å². The summed E-state index contributed by atoms with van der Waals surface area (Å²) in [5, 5.41) is 2.99. The number of hydrogen-bond donors (Lipinski definition) is 1. The second-order valence-corrected chi connectivity index (χ2v) is 4.20. The van der Waals surface area contributed by atoms with Crippen molar-refractivity contribution in [3.8, 4) is 0 Å². The fraction of sp³-hybridized carbons (Fsp3) is 0.385. The Labute approximate surface area is 94.9 Å². The molecular formula is C13H15NO2. The molecule has 1 aliphatic rings. The van der Waals surface area contributed by atoms with Crippen LogP contribution in [0.25, 0.3) is 0 Å². The summed E-state index contributed by atoms with van der Waals surface area (Å²) in [5.41, 5.74) is 1.11. The third-order valence-electron chi connectivity index (χ3n) is 2.98. The van der Waals surface area contributed by atoms with Crippen molar-refractivity contribution in [2.75, 3.05) is 0 Å². The summed E-state index contributed by atoms with van der Waals surface area (Å²) in [6.07, 6.45) is 5.28. The maximum Gasteiger partial charge on any atom is 0.251 e. The minimum absolute atomic E-state index is 0.0735. The normalized spacial score (nSPS) is 16.0. The van der Waals surface area contributed by atoms with Crippen molar-refractivity contribution < 1.29 is 9.59 Å². The molecule has 0 atom stereocenters. The van der Waals surface area contributed by atoms with E-state index in [9.17, 15) is 9.59 Å². The third kappa shape index (κ3) is 2.48. The van der Waals surface area contributed by atoms with Gasteiger partial charge in [-0.25, -0.2) is 0 Å². The van der Waals surface area contributed by atoms with Gasteiger partial charge in [0.05, 0.1) is 0 Å². The summed E-state index contributed by atoms with van der Waals surface area (Å²) >= 11 is 0. The zero-order valence-corrected chi connectivity index (χ0v) is 9.11. The SMILES string of the molecule is O=Cc1cccc(C(=O)NC2CCCC2)c1. The number of aldehydes is 1. The van der Waals surface area contributed by atoms with Gasteiger partial charge in [0.1, 0.15) is 6.29 Å². The van der Waals surface area contributed by atoms with Gasteiger partial charge in [0, 0.05) is 17.2 Å². The van der Waals surface area contributed by atoms with Crippen LogP contribution in [0.1, 0.15) is 46.4 Å². The quantitative estimate of drug-likeness (QED) is 0.789. The first-order chi connectivity index (χ1) is 7.79. The molecule has 84 valence electrons. The third-order valence-corrected chi connectivity index (χ3v) is 2.98. The van der Waals surface area contributed by atoms with Crippen LogP contribution in [0.2, 0.25) is 0 Å². The fourth-order valence-electron chi connectivity index (χ4n) is 2.09. The molecule has 3 heteroatoms. The van der Waals surface area contributed by atoms with Crippen molar-refractivity contribution in [3.05, 3.63) is 35.4 Å². The molecule has 1 fully saturated rings. The van der Waals surface area contributed by atoms with Crippen molar-refractivity contribution in [1.82, 2.24) is 5.32 Å². The molecule has 1 aromatic carbocycles. The van der Waals surface area contributed by atoms with E-state index in [0.29, 0.717) is 17.2 Å². The van der Waals surface area contributed by atoms with Crippen molar-refractivity contribution in [1.29, 1.82) is 0 Å². The molecule has 0 bridgehead atoms. The fourth-order valence-corrected chi connectivity index (χ4v) is 2.09. The predicted molar refractivity (Wildman–Crippen MR) is 61.6 cm³/mol. The lowest BCUT2D eigenvalue weighted by molar-refractivity contribution is 0.0938. The van der Waals surface area contributed by atoms with Gasteiger partial charge in [0.25, 0.3) is 5.91 Å². The van der Waals surface area contributed by atoms with Gasteiger partial charge in [-0.15, -0.1) is 0 Å². The van der Waals surface area contributed by atoms with E-state index in [1.54, 1.807) is 24.3 Å². The number of amides is 1. The Morgan fingerprint density at radius 1 is 1.31 bits per heavy atom. The molecule has 1 N–H and O–H groups in total. The number of hydrogen-bond acceptors (Lipinski definition) is 2. The van der Waals surface area contributed by atoms with E-state index in [2.05, 4.69) is 5.32 Å². The number of benzene rings is 1. The van der Waals surface area contributed by atoms with Crippen LogP contribution in [-0.2, 0) is 0 Å². The molecule has 16 heavy (non-hydrogen) atoms. The van der Waals surface area contributed by atoms with Gasteiger partial charge in [-0.1, -0.05) is 25.0 Å². The maximum absolute atomic E-state index is 11.8. The van der Waals surface area contributed by atoms with Gasteiger partial charge in [0.2, 0.25) is 0 Å². The van der Waals surface area contributed by atoms with Crippen molar-refractivity contribution in [2.24, 2.45) is 0 Å². The molecular weight excluding hydrogens is 202 g/mol. The van der Waals surface area contributed by atoms with E-state index in [-0.39, 0.29) is 5.91 Å². The van der Waals surface area contributed by atoms with Crippen LogP contribution in [0.5, 0.6) is 0 Å². The lowest BCUT2D eigenvalue weighted by Gasteiger charge is -2.11. The first kappa shape index (κ1) is 10.9. The van der Waals surface area contributed by atoms with Crippen LogP contribution in [-0.4, -0.2) is 18.2 Å². The van der Waals surface area contributed by atoms with Crippen LogP contribution in [0, 0.1) is 0 Å². The largest absolute Gasteiger partial charge is 0.349 e. The lowest BCUT2D eigenvalue weighted by atomic mass is 10.1. The average Bonchev–Trinajstić information content (AvgIpc) is 2.82. The molecule has 0 radical (unpaired) electrons. The van der Waals surface area contributed by atoms with E-state index in [4.69, 9.17) is 0 Å². The number of carbonyl (C=O) groups is 2. The van der Waals surface area contributed by atoms with Gasteiger partial charge < -0.3 is 5.32 Å². The molecule has 1 saturated carbocycles. The second kappa shape index (κ2) is 4.92. The Morgan fingerprint density at radius 3 is 2.75 bits per heavy atom. The molecule has 0 unspecified atom stereocenters. The highest BCUT2D eigenvalue weighted by molar-refractivity contribution is 5.95. The van der Waals surface area contributed by atoms with E-state index in [0.717, 1.165) is 19.1 Å². The molecule has 0 spiro atoms. The molecule has 2 rings (SSSR count). The summed E-state index contributed by atoms with van der Waals surface area (Å²) < 4.78 is 0. The summed E-state index contributed by atoms with van der Waals surface area (Å²) in [4.78, 5) is 22.4. The van der Waals surface area contributed by atoms with Gasteiger partial charge >= 0.3 is 0 Å². The predicted octanol–water partition coefficient (Wildman–Crippen LogP) is 2.17. The van der Waals surface area contributed by atoms with Gasteiger partial charge in [-0.3, -0.25) is 9.59 Å². The van der Waals surface area contributed by atoms with Crippen LogP contribution in [0.3, 0.4) is 0 Å². The Bertz CT molecular complexity index is 395. The van der Waals surface area contributed by atoms with Crippen LogP contribution >= 0.6 is 0 Å². The van der Waals surface area contributed by atoms with E-state index < -0.39 is 0 Å². The van der Waals surface area contributed by atoms with Crippen LogP contribution in [0.4, 0.5) is 0 Å². The molecule has 1 amide bonds. The minimum atomic E-state index is -0.0735. The molecule has 0 saturated heterocycles. The van der Waals surface area contributed by atoms with Gasteiger partial charge in [-0.2, -0.15) is 0 Å². The standard InChI is InChI=1S/C13H15NO2/c15-9-10-4-3-5-11(8-10)13(16)14-12-6-1-2-7-12/h3-5,8-9,12H,1-2,6-7H2,(H,14,16). The Balaban J connectivity index is 2.04. The Kier molecular flexibility index (Phi) is 3.34. The monoisotopic (exact) mass is 217 g/mol. The van der Waals surface area contributed by atoms with Gasteiger partial charge in [0.15, 0.2) is 0 Å². The molecule has 0 heterocycles. The van der Waals surface area contributed by atoms with E-state index >= 15 is 0 Å². The van der Waals surface area contributed by atoms with Gasteiger partial charge in [-0.05, 0) is 25.0 Å². The zero-order chi connectivity index (χ0) is 11.4. The molecule has 3 nitrogen and oxygen atoms in total. The van der Waals surface area contributed by atoms with E-state index in [1.165, 1.54) is 12.8 Å². The Hall–Kier alpha value is -1.64. The Morgan fingerprint density at radius 2 is 2.06 bits per heavy atom. The maximum atomic E-state index is 11.8. The number of nitrogens with one attached hydrogen (secondary N) is 1. The van der Waals surface area contributed by atoms with Crippen LogP contribution in [0.15, 0.2) is 24.3 Å². The van der Waals surface area contributed by atoms with Crippen molar-refractivity contribution in [2.45, 2.75) is 31.7 Å². The minimum Gasteiger partial charge on any atom is -0.349 e. The van der Waals surface area contributed by atoms with Crippen LogP contribution < -0.4 is 5.32 Å². The highest BCUT2D eigenvalue weighted by Gasteiger charge is 2.17. The highest BCUT2D eigenvalue weighted by atomic mass is 16.1. The molecule has 0 aliphatic heterocycles. The van der Waals surface area contributed by atoms with E-state index in [1.807, 2.05) is 0 Å². The summed E-state index contributed by atoms with van der Waals surface area (Å²) in [6.45, 7) is 0. The number of carbonyl (C=O) groups excluding carboxylic acids is 2. The lowest BCUT2D eigenvalue weighted by Crippen LogP contribution is -2.32. The summed E-state index contributed by atoms with van der Waals surface area (Å²) in [7, 11) is 0. The zero-order valence-electron chi connectivity index (χ0n) is 9.11. The average molecular weight is 217 g/mol. The van der Waals surface area contributed by atoms with Crippen molar-refractivity contribution >= 4 is 12.2 Å². The highest BCUT2D eigenvalue weighted by Crippen LogP contribution is 2.18. The molecule has 1 aromatic rings. The molecule has 0 aromatic heterocycles. The molecule has 1 aliphatic carbocycles. The second-order valence-electron chi connectivity index (χ2n) is 4.20. The summed E-state index contributed by atoms with van der Waals surface area (Å²) in [6, 6.07) is 7.09. The first-order valence-corrected chi connectivity index (χ1v) is 5.66. The summed E-state index contributed by atoms with van der Waals surface area (Å²) in [5.74, 6) is -0.0735. The smallest absolute Gasteiger partial charge is 0.251 e. The van der Waals surface area contributed by atoms with Crippen molar-refractivity contribution in [3.63, 3.8) is 0 Å². The number of rotatable bonds is 3.